The average Bonchev–Trinajstić information content (AvgIpc) is 2.59. The molecule has 1 heterocycles. The van der Waals surface area contributed by atoms with Gasteiger partial charge in [-0.2, -0.15) is 0 Å². The summed E-state index contributed by atoms with van der Waals surface area (Å²) in [4.78, 5) is 21.6. The lowest BCUT2D eigenvalue weighted by molar-refractivity contribution is -0.104. The van der Waals surface area contributed by atoms with Gasteiger partial charge in [-0.1, -0.05) is 6.08 Å². The molecule has 0 fully saturated rings. The molecule has 0 bridgehead atoms. The highest BCUT2D eigenvalue weighted by atomic mass is 32.1. The first-order valence-electron chi connectivity index (χ1n) is 5.11. The van der Waals surface area contributed by atoms with E-state index < -0.39 is 11.7 Å². The number of hydrogen-bond acceptors (Lipinski definition) is 4. The number of anilines is 1. The summed E-state index contributed by atoms with van der Waals surface area (Å²) in [6.07, 6.45) is 3.30. The maximum Gasteiger partial charge on any atom is 0.412 e. The summed E-state index contributed by atoms with van der Waals surface area (Å²) < 4.78 is 5.11. The quantitative estimate of drug-likeness (QED) is 0.664. The first-order valence-corrected chi connectivity index (χ1v) is 5.99. The summed E-state index contributed by atoms with van der Waals surface area (Å²) in [6, 6.07) is 1.77. The zero-order chi connectivity index (χ0) is 12.9. The second kappa shape index (κ2) is 5.63. The van der Waals surface area contributed by atoms with Crippen LogP contribution in [0.1, 0.15) is 26.3 Å². The molecule has 0 saturated heterocycles. The number of rotatable bonds is 3. The number of ether oxygens (including phenoxy) is 1. The van der Waals surface area contributed by atoms with Gasteiger partial charge in [0.05, 0.1) is 5.00 Å². The molecule has 92 valence electrons. The molecule has 1 aromatic rings. The summed E-state index contributed by atoms with van der Waals surface area (Å²) in [7, 11) is 0. The van der Waals surface area contributed by atoms with Crippen molar-refractivity contribution in [2.45, 2.75) is 26.4 Å². The predicted molar refractivity (Wildman–Crippen MR) is 69.3 cm³/mol. The number of allylic oxidation sites excluding steroid dienone is 1. The van der Waals surface area contributed by atoms with Crippen LogP contribution in [-0.4, -0.2) is 18.0 Å². The van der Waals surface area contributed by atoms with Gasteiger partial charge in [0.15, 0.2) is 0 Å². The van der Waals surface area contributed by atoms with Gasteiger partial charge >= 0.3 is 6.09 Å². The minimum absolute atomic E-state index is 0.481. The number of aldehydes is 1. The first kappa shape index (κ1) is 13.4. The molecule has 0 aliphatic heterocycles. The van der Waals surface area contributed by atoms with Crippen molar-refractivity contribution in [2.24, 2.45) is 0 Å². The molecule has 0 atom stereocenters. The van der Waals surface area contributed by atoms with Gasteiger partial charge < -0.3 is 4.74 Å². The van der Waals surface area contributed by atoms with Gasteiger partial charge in [0, 0.05) is 5.38 Å². The number of carbonyl (C=O) groups is 2. The fourth-order valence-electron chi connectivity index (χ4n) is 1.06. The second-order valence-electron chi connectivity index (χ2n) is 4.37. The second-order valence-corrected chi connectivity index (χ2v) is 5.28. The minimum atomic E-state index is -0.512. The lowest BCUT2D eigenvalue weighted by Gasteiger charge is -2.19. The van der Waals surface area contributed by atoms with Gasteiger partial charge in [-0.3, -0.25) is 10.1 Å². The predicted octanol–water partition coefficient (Wildman–Crippen LogP) is 3.31. The van der Waals surface area contributed by atoms with E-state index in [1.807, 2.05) is 5.38 Å². The van der Waals surface area contributed by atoms with Gasteiger partial charge in [0.25, 0.3) is 0 Å². The molecular weight excluding hydrogens is 238 g/mol. The van der Waals surface area contributed by atoms with E-state index in [-0.39, 0.29) is 0 Å². The van der Waals surface area contributed by atoms with Crippen LogP contribution in [0.2, 0.25) is 0 Å². The normalized spacial score (nSPS) is 11.5. The Morgan fingerprint density at radius 1 is 1.47 bits per heavy atom. The van der Waals surface area contributed by atoms with Crippen molar-refractivity contribution in [1.29, 1.82) is 0 Å². The summed E-state index contributed by atoms with van der Waals surface area (Å²) in [5.41, 5.74) is 0.356. The highest BCUT2D eigenvalue weighted by Crippen LogP contribution is 2.22. The van der Waals surface area contributed by atoms with E-state index in [4.69, 9.17) is 4.74 Å². The maximum atomic E-state index is 11.5. The molecule has 17 heavy (non-hydrogen) atoms. The number of nitrogens with one attached hydrogen (secondary N) is 1. The number of hydrogen-bond donors (Lipinski definition) is 1. The highest BCUT2D eigenvalue weighted by molar-refractivity contribution is 7.14. The third kappa shape index (κ3) is 5.31. The Morgan fingerprint density at radius 3 is 2.76 bits per heavy atom. The van der Waals surface area contributed by atoms with E-state index in [1.54, 1.807) is 32.9 Å². The van der Waals surface area contributed by atoms with Crippen molar-refractivity contribution in [2.75, 3.05) is 5.32 Å². The van der Waals surface area contributed by atoms with Crippen LogP contribution in [0, 0.1) is 0 Å². The summed E-state index contributed by atoms with van der Waals surface area (Å²) >= 11 is 1.38. The van der Waals surface area contributed by atoms with Crippen LogP contribution in [0.4, 0.5) is 9.80 Å². The Bertz CT molecular complexity index is 429. The molecule has 0 saturated carbocycles. The SMILES string of the molecule is CC(C)(C)OC(=O)Nc1cc(C=CC=O)cs1. The zero-order valence-corrected chi connectivity index (χ0v) is 10.8. The van der Waals surface area contributed by atoms with Crippen LogP contribution < -0.4 is 5.32 Å². The molecule has 0 aliphatic carbocycles. The lowest BCUT2D eigenvalue weighted by atomic mass is 10.2. The van der Waals surface area contributed by atoms with E-state index >= 15 is 0 Å². The number of amides is 1. The van der Waals surface area contributed by atoms with E-state index in [2.05, 4.69) is 5.32 Å². The third-order valence-electron chi connectivity index (χ3n) is 1.61. The molecule has 1 amide bonds. The molecule has 5 heteroatoms. The number of thiophene rings is 1. The van der Waals surface area contributed by atoms with Gasteiger partial charge in [-0.05, 0) is 38.5 Å². The Hall–Kier alpha value is -1.62. The summed E-state index contributed by atoms with van der Waals surface area (Å²) in [6.45, 7) is 5.41. The Labute approximate surface area is 104 Å². The molecule has 0 aliphatic rings. The Balaban J connectivity index is 2.57. The average molecular weight is 253 g/mol. The van der Waals surface area contributed by atoms with E-state index in [0.717, 1.165) is 5.56 Å². The zero-order valence-electron chi connectivity index (χ0n) is 10.0. The molecule has 0 aromatic carbocycles. The van der Waals surface area contributed by atoms with Crippen LogP contribution in [0.5, 0.6) is 0 Å². The van der Waals surface area contributed by atoms with Crippen LogP contribution in [0.15, 0.2) is 17.5 Å². The van der Waals surface area contributed by atoms with Crippen molar-refractivity contribution in [3.05, 3.63) is 23.1 Å². The monoisotopic (exact) mass is 253 g/mol. The smallest absolute Gasteiger partial charge is 0.412 e. The Morgan fingerprint density at radius 2 is 2.18 bits per heavy atom. The molecule has 1 aromatic heterocycles. The molecule has 1 N–H and O–H groups in total. The topological polar surface area (TPSA) is 55.4 Å². The lowest BCUT2D eigenvalue weighted by Crippen LogP contribution is -2.26. The van der Waals surface area contributed by atoms with Crippen molar-refractivity contribution in [1.82, 2.24) is 0 Å². The standard InChI is InChI=1S/C12H15NO3S/c1-12(2,3)16-11(15)13-10-7-9(8-17-10)5-4-6-14/h4-8H,1-3H3,(H,13,15). The highest BCUT2D eigenvalue weighted by Gasteiger charge is 2.16. The van der Waals surface area contributed by atoms with E-state index in [0.29, 0.717) is 11.3 Å². The van der Waals surface area contributed by atoms with Crippen molar-refractivity contribution < 1.29 is 14.3 Å². The van der Waals surface area contributed by atoms with Gasteiger partial charge in [-0.25, -0.2) is 4.79 Å². The molecule has 0 unspecified atom stereocenters. The molecule has 4 nitrogen and oxygen atoms in total. The summed E-state index contributed by atoms with van der Waals surface area (Å²) in [5.74, 6) is 0. The molecule has 1 rings (SSSR count). The summed E-state index contributed by atoms with van der Waals surface area (Å²) in [5, 5.41) is 5.16. The van der Waals surface area contributed by atoms with Crippen molar-refractivity contribution in [3.63, 3.8) is 0 Å². The molecule has 0 radical (unpaired) electrons. The van der Waals surface area contributed by atoms with Gasteiger partial charge in [-0.15, -0.1) is 11.3 Å². The molecular formula is C12H15NO3S. The van der Waals surface area contributed by atoms with Crippen molar-refractivity contribution in [3.8, 4) is 0 Å². The Kier molecular flexibility index (Phi) is 4.45. The largest absolute Gasteiger partial charge is 0.444 e. The van der Waals surface area contributed by atoms with Gasteiger partial charge in [0.2, 0.25) is 0 Å². The van der Waals surface area contributed by atoms with Crippen LogP contribution >= 0.6 is 11.3 Å². The van der Waals surface area contributed by atoms with Crippen molar-refractivity contribution >= 4 is 34.8 Å². The van der Waals surface area contributed by atoms with E-state index in [9.17, 15) is 9.59 Å². The third-order valence-corrected chi connectivity index (χ3v) is 2.47. The fraction of sp³-hybridized carbons (Fsp3) is 0.333. The van der Waals surface area contributed by atoms with E-state index in [1.165, 1.54) is 17.4 Å². The van der Waals surface area contributed by atoms with Crippen LogP contribution in [0.25, 0.3) is 6.08 Å². The first-order chi connectivity index (χ1) is 7.90. The molecule has 0 spiro atoms. The fourth-order valence-corrected chi connectivity index (χ4v) is 1.81. The minimum Gasteiger partial charge on any atom is -0.444 e. The maximum absolute atomic E-state index is 11.5. The van der Waals surface area contributed by atoms with Gasteiger partial charge in [0.1, 0.15) is 11.9 Å². The number of carbonyl (C=O) groups excluding carboxylic acids is 2. The van der Waals surface area contributed by atoms with Crippen LogP contribution in [-0.2, 0) is 9.53 Å². The van der Waals surface area contributed by atoms with Crippen LogP contribution in [0.3, 0.4) is 0 Å².